The van der Waals surface area contributed by atoms with Gasteiger partial charge in [0.15, 0.2) is 11.6 Å². The van der Waals surface area contributed by atoms with Gasteiger partial charge in [-0.25, -0.2) is 8.78 Å². The van der Waals surface area contributed by atoms with Crippen LogP contribution in [-0.4, -0.2) is 18.9 Å². The van der Waals surface area contributed by atoms with Crippen LogP contribution in [0.3, 0.4) is 0 Å². The molecular weight excluding hydrogens is 292 g/mol. The first-order valence-corrected chi connectivity index (χ1v) is 6.20. The largest absolute Gasteiger partial charge is 0.316 e. The van der Waals surface area contributed by atoms with Crippen LogP contribution in [-0.2, 0) is 0 Å². The van der Waals surface area contributed by atoms with Crippen LogP contribution in [0.25, 0.3) is 0 Å². The van der Waals surface area contributed by atoms with Crippen molar-refractivity contribution in [2.75, 3.05) is 13.1 Å². The molecule has 1 atom stereocenters. The van der Waals surface area contributed by atoms with Gasteiger partial charge in [0.25, 0.3) is 0 Å². The van der Waals surface area contributed by atoms with E-state index in [1.54, 1.807) is 6.92 Å². The molecule has 0 aromatic heterocycles. The fraction of sp³-hybridized carbons (Fsp3) is 0.417. The summed E-state index contributed by atoms with van der Waals surface area (Å²) in [5.41, 5.74) is -0.432. The van der Waals surface area contributed by atoms with Crippen molar-refractivity contribution in [3.05, 3.63) is 33.8 Å². The number of benzene rings is 1. The maximum absolute atomic E-state index is 13.7. The fourth-order valence-electron chi connectivity index (χ4n) is 1.86. The van der Waals surface area contributed by atoms with Crippen molar-refractivity contribution >= 4 is 21.7 Å². The number of hydrogen-bond donors (Lipinski definition) is 1. The Morgan fingerprint density at radius 1 is 1.47 bits per heavy atom. The molecule has 1 N–H and O–H groups in total. The predicted octanol–water partition coefficient (Wildman–Crippen LogP) is 2.77. The lowest BCUT2D eigenvalue weighted by atomic mass is 9.83. The van der Waals surface area contributed by atoms with Crippen molar-refractivity contribution in [3.8, 4) is 0 Å². The number of carbonyl (C=O) groups is 1. The average molecular weight is 304 g/mol. The Balaban J connectivity index is 2.32. The Labute approximate surface area is 107 Å². The third-order valence-electron chi connectivity index (χ3n) is 3.22. The molecule has 17 heavy (non-hydrogen) atoms. The second-order valence-corrected chi connectivity index (χ2v) is 5.14. The molecule has 0 bridgehead atoms. The molecular formula is C12H12BrF2NO. The molecule has 0 aliphatic carbocycles. The first-order chi connectivity index (χ1) is 8.02. The summed E-state index contributed by atoms with van der Waals surface area (Å²) < 4.78 is 27.4. The van der Waals surface area contributed by atoms with Crippen molar-refractivity contribution in [3.63, 3.8) is 0 Å². The van der Waals surface area contributed by atoms with Gasteiger partial charge < -0.3 is 5.32 Å². The topological polar surface area (TPSA) is 29.1 Å². The highest BCUT2D eigenvalue weighted by molar-refractivity contribution is 9.10. The maximum atomic E-state index is 13.7. The van der Waals surface area contributed by atoms with E-state index in [2.05, 4.69) is 21.2 Å². The van der Waals surface area contributed by atoms with Crippen LogP contribution >= 0.6 is 15.9 Å². The molecule has 1 aliphatic heterocycles. The van der Waals surface area contributed by atoms with Crippen LogP contribution in [0.15, 0.2) is 16.6 Å². The monoisotopic (exact) mass is 303 g/mol. The van der Waals surface area contributed by atoms with E-state index in [9.17, 15) is 13.6 Å². The molecule has 2 nitrogen and oxygen atoms in total. The number of hydrogen-bond acceptors (Lipinski definition) is 2. The second-order valence-electron chi connectivity index (χ2n) is 4.29. The summed E-state index contributed by atoms with van der Waals surface area (Å²) >= 11 is 2.96. The van der Waals surface area contributed by atoms with Crippen molar-refractivity contribution in [1.82, 2.24) is 5.32 Å². The highest BCUT2D eigenvalue weighted by atomic mass is 79.9. The molecule has 1 fully saturated rings. The van der Waals surface area contributed by atoms with Crippen LogP contribution in [0.1, 0.15) is 17.3 Å². The molecule has 0 saturated carbocycles. The van der Waals surface area contributed by atoms with E-state index in [1.807, 2.05) is 0 Å². The Bertz CT molecular complexity index is 460. The molecule has 5 heteroatoms. The van der Waals surface area contributed by atoms with E-state index in [1.165, 1.54) is 6.07 Å². The van der Waals surface area contributed by atoms with Gasteiger partial charge in [0.2, 0.25) is 0 Å². The quantitative estimate of drug-likeness (QED) is 0.687. The van der Waals surface area contributed by atoms with Gasteiger partial charge in [-0.2, -0.15) is 0 Å². The first kappa shape index (κ1) is 12.6. The fourth-order valence-corrected chi connectivity index (χ4v) is 2.19. The maximum Gasteiger partial charge on any atom is 0.171 e. The molecule has 92 valence electrons. The van der Waals surface area contributed by atoms with E-state index in [0.717, 1.165) is 19.2 Å². The Morgan fingerprint density at radius 3 is 2.65 bits per heavy atom. The Kier molecular flexibility index (Phi) is 3.58. The average Bonchev–Trinajstić information content (AvgIpc) is 2.21. The van der Waals surface area contributed by atoms with Gasteiger partial charge in [0.1, 0.15) is 5.82 Å². The van der Waals surface area contributed by atoms with E-state index in [4.69, 9.17) is 0 Å². The molecule has 0 radical (unpaired) electrons. The first-order valence-electron chi connectivity index (χ1n) is 5.40. The number of carbonyl (C=O) groups excluding carboxylic acids is 1. The Morgan fingerprint density at radius 2 is 2.12 bits per heavy atom. The van der Waals surface area contributed by atoms with Crippen molar-refractivity contribution in [2.24, 2.45) is 11.8 Å². The zero-order valence-electron chi connectivity index (χ0n) is 9.27. The molecule has 1 aromatic carbocycles. The molecule has 2 rings (SSSR count). The predicted molar refractivity (Wildman–Crippen MR) is 63.9 cm³/mol. The van der Waals surface area contributed by atoms with E-state index < -0.39 is 23.0 Å². The summed E-state index contributed by atoms with van der Waals surface area (Å²) in [6.07, 6.45) is 0. The molecule has 1 unspecified atom stereocenters. The highest BCUT2D eigenvalue weighted by Gasteiger charge is 2.32. The van der Waals surface area contributed by atoms with Crippen molar-refractivity contribution in [2.45, 2.75) is 6.92 Å². The van der Waals surface area contributed by atoms with Gasteiger partial charge in [-0.15, -0.1) is 0 Å². The van der Waals surface area contributed by atoms with Gasteiger partial charge in [-0.1, -0.05) is 6.92 Å². The standard InChI is InChI=1S/C12H12BrF2NO/c1-6(7-4-16-5-7)12(17)10-9(14)3-2-8(13)11(10)15/h2-3,6-7,16H,4-5H2,1H3. The van der Waals surface area contributed by atoms with Crippen LogP contribution in [0, 0.1) is 23.5 Å². The number of halogens is 3. The van der Waals surface area contributed by atoms with E-state index in [-0.39, 0.29) is 16.3 Å². The molecule has 1 heterocycles. The summed E-state index contributed by atoms with van der Waals surface area (Å²) in [6, 6.07) is 2.36. The summed E-state index contributed by atoms with van der Waals surface area (Å²) in [7, 11) is 0. The van der Waals surface area contributed by atoms with Gasteiger partial charge in [-0.3, -0.25) is 4.79 Å². The van der Waals surface area contributed by atoms with E-state index >= 15 is 0 Å². The smallest absolute Gasteiger partial charge is 0.171 e. The lowest BCUT2D eigenvalue weighted by Crippen LogP contribution is -2.47. The third-order valence-corrected chi connectivity index (χ3v) is 3.84. The Hall–Kier alpha value is -0.810. The van der Waals surface area contributed by atoms with Gasteiger partial charge >= 0.3 is 0 Å². The third kappa shape index (κ3) is 2.26. The zero-order valence-corrected chi connectivity index (χ0v) is 10.9. The summed E-state index contributed by atoms with van der Waals surface area (Å²) in [5.74, 6) is -2.27. The minimum absolute atomic E-state index is 0.112. The molecule has 0 amide bonds. The number of rotatable bonds is 3. The number of nitrogens with one attached hydrogen (secondary N) is 1. The van der Waals surface area contributed by atoms with Crippen molar-refractivity contribution < 1.29 is 13.6 Å². The minimum atomic E-state index is -0.811. The summed E-state index contributed by atoms with van der Waals surface area (Å²) in [5, 5.41) is 3.04. The minimum Gasteiger partial charge on any atom is -0.316 e. The normalized spacial score (nSPS) is 17.6. The van der Waals surface area contributed by atoms with Crippen LogP contribution in [0.5, 0.6) is 0 Å². The zero-order chi connectivity index (χ0) is 12.6. The van der Waals surface area contributed by atoms with Crippen LogP contribution < -0.4 is 5.32 Å². The van der Waals surface area contributed by atoms with Gasteiger partial charge in [0.05, 0.1) is 10.0 Å². The van der Waals surface area contributed by atoms with Gasteiger partial charge in [0, 0.05) is 5.92 Å². The van der Waals surface area contributed by atoms with Crippen molar-refractivity contribution in [1.29, 1.82) is 0 Å². The van der Waals surface area contributed by atoms with E-state index in [0.29, 0.717) is 0 Å². The van der Waals surface area contributed by atoms with Crippen LogP contribution in [0.2, 0.25) is 0 Å². The van der Waals surface area contributed by atoms with Crippen LogP contribution in [0.4, 0.5) is 8.78 Å². The molecule has 1 saturated heterocycles. The lowest BCUT2D eigenvalue weighted by Gasteiger charge is -2.31. The molecule has 0 spiro atoms. The highest BCUT2D eigenvalue weighted by Crippen LogP contribution is 2.27. The summed E-state index contributed by atoms with van der Waals surface area (Å²) in [6.45, 7) is 3.17. The summed E-state index contributed by atoms with van der Waals surface area (Å²) in [4.78, 5) is 12.0. The lowest BCUT2D eigenvalue weighted by molar-refractivity contribution is 0.0845. The second kappa shape index (κ2) is 4.82. The number of ketones is 1. The SMILES string of the molecule is CC(C(=O)c1c(F)ccc(Br)c1F)C1CNC1. The van der Waals surface area contributed by atoms with Gasteiger partial charge in [-0.05, 0) is 47.1 Å². The number of Topliss-reactive ketones (excluding diaryl/α,β-unsaturated/α-hetero) is 1. The molecule has 1 aliphatic rings. The molecule has 1 aromatic rings.